The van der Waals surface area contributed by atoms with Gasteiger partial charge in [-0.25, -0.2) is 0 Å². The van der Waals surface area contributed by atoms with Gasteiger partial charge in [-0.3, -0.25) is 0 Å². The molecule has 0 aromatic rings. The molecule has 12 heavy (non-hydrogen) atoms. The highest BCUT2D eigenvalue weighted by molar-refractivity contribution is 5.68. The van der Waals surface area contributed by atoms with E-state index in [2.05, 4.69) is 19.0 Å². The molecule has 2 unspecified atom stereocenters. The molecule has 70 valence electrons. The van der Waals surface area contributed by atoms with Crippen molar-refractivity contribution in [2.45, 2.75) is 45.3 Å². The first-order chi connectivity index (χ1) is 5.51. The summed E-state index contributed by atoms with van der Waals surface area (Å²) in [5.41, 5.74) is 5.62. The van der Waals surface area contributed by atoms with E-state index in [0.29, 0.717) is 5.92 Å². The lowest BCUT2D eigenvalue weighted by molar-refractivity contribution is 0.0244. The van der Waals surface area contributed by atoms with Crippen LogP contribution in [-0.2, 0) is 4.84 Å². The standard InChI is InChI=1S/C9H18N2O/c1-7(2)8-4-5-9(3,10)6-11-12-8/h6-8H,4-5,10H2,1-3H3. The van der Waals surface area contributed by atoms with Crippen molar-refractivity contribution in [1.82, 2.24) is 0 Å². The number of nitrogens with zero attached hydrogens (tertiary/aromatic N) is 1. The zero-order valence-electron chi connectivity index (χ0n) is 8.08. The third-order valence-electron chi connectivity index (χ3n) is 2.25. The normalized spacial score (nSPS) is 36.2. The van der Waals surface area contributed by atoms with E-state index in [9.17, 15) is 0 Å². The van der Waals surface area contributed by atoms with Crippen LogP contribution in [0.25, 0.3) is 0 Å². The molecule has 1 heterocycles. The van der Waals surface area contributed by atoms with Crippen molar-refractivity contribution in [3.05, 3.63) is 0 Å². The van der Waals surface area contributed by atoms with Crippen LogP contribution in [0.5, 0.6) is 0 Å². The molecule has 0 saturated heterocycles. The predicted molar refractivity (Wildman–Crippen MR) is 50.0 cm³/mol. The monoisotopic (exact) mass is 170 g/mol. The van der Waals surface area contributed by atoms with E-state index in [1.807, 2.05) is 6.92 Å². The summed E-state index contributed by atoms with van der Waals surface area (Å²) in [4.78, 5) is 5.29. The molecule has 1 aliphatic rings. The largest absolute Gasteiger partial charge is 0.392 e. The molecule has 1 aliphatic heterocycles. The SMILES string of the molecule is CC(C)C1CCC(C)(N)C=NO1. The van der Waals surface area contributed by atoms with Crippen molar-refractivity contribution < 1.29 is 4.84 Å². The molecule has 0 bridgehead atoms. The molecule has 0 fully saturated rings. The lowest BCUT2D eigenvalue weighted by atomic mass is 9.93. The van der Waals surface area contributed by atoms with Gasteiger partial charge in [0.25, 0.3) is 0 Å². The molecule has 3 nitrogen and oxygen atoms in total. The van der Waals surface area contributed by atoms with E-state index >= 15 is 0 Å². The van der Waals surface area contributed by atoms with Crippen LogP contribution in [0.15, 0.2) is 5.16 Å². The van der Waals surface area contributed by atoms with Crippen molar-refractivity contribution in [3.8, 4) is 0 Å². The molecule has 0 spiro atoms. The lowest BCUT2D eigenvalue weighted by Crippen LogP contribution is -2.37. The quantitative estimate of drug-likeness (QED) is 0.648. The van der Waals surface area contributed by atoms with Gasteiger partial charge in [-0.05, 0) is 25.7 Å². The Kier molecular flexibility index (Phi) is 2.73. The molecule has 2 atom stereocenters. The van der Waals surface area contributed by atoms with Crippen LogP contribution in [0, 0.1) is 5.92 Å². The molecule has 0 radical (unpaired) electrons. The molecule has 0 aliphatic carbocycles. The summed E-state index contributed by atoms with van der Waals surface area (Å²) in [6.45, 7) is 6.25. The van der Waals surface area contributed by atoms with E-state index in [-0.39, 0.29) is 11.6 Å². The van der Waals surface area contributed by atoms with Gasteiger partial charge in [0.15, 0.2) is 0 Å². The smallest absolute Gasteiger partial charge is 0.129 e. The van der Waals surface area contributed by atoms with E-state index in [1.54, 1.807) is 6.21 Å². The summed E-state index contributed by atoms with van der Waals surface area (Å²) in [7, 11) is 0. The van der Waals surface area contributed by atoms with Gasteiger partial charge in [-0.1, -0.05) is 19.0 Å². The summed E-state index contributed by atoms with van der Waals surface area (Å²) in [6.07, 6.45) is 3.87. The summed E-state index contributed by atoms with van der Waals surface area (Å²) < 4.78 is 0. The van der Waals surface area contributed by atoms with Crippen LogP contribution >= 0.6 is 0 Å². The second-order valence-electron chi connectivity index (χ2n) is 4.17. The Bertz CT molecular complexity index is 175. The first-order valence-electron chi connectivity index (χ1n) is 4.50. The lowest BCUT2D eigenvalue weighted by Gasteiger charge is -2.19. The van der Waals surface area contributed by atoms with E-state index in [0.717, 1.165) is 12.8 Å². The van der Waals surface area contributed by atoms with Crippen molar-refractivity contribution in [2.75, 3.05) is 0 Å². The van der Waals surface area contributed by atoms with Gasteiger partial charge in [0.1, 0.15) is 6.10 Å². The van der Waals surface area contributed by atoms with Crippen molar-refractivity contribution in [2.24, 2.45) is 16.8 Å². The topological polar surface area (TPSA) is 47.6 Å². The third-order valence-corrected chi connectivity index (χ3v) is 2.25. The Morgan fingerprint density at radius 2 is 2.33 bits per heavy atom. The van der Waals surface area contributed by atoms with Crippen LogP contribution in [0.4, 0.5) is 0 Å². The molecule has 3 heteroatoms. The van der Waals surface area contributed by atoms with Gasteiger partial charge in [0.2, 0.25) is 0 Å². The van der Waals surface area contributed by atoms with Gasteiger partial charge in [-0.15, -0.1) is 0 Å². The van der Waals surface area contributed by atoms with Gasteiger partial charge in [-0.2, -0.15) is 0 Å². The number of oxime groups is 1. The average Bonchev–Trinajstić information content (AvgIpc) is 2.10. The Labute approximate surface area is 74.0 Å². The first kappa shape index (κ1) is 9.52. The van der Waals surface area contributed by atoms with E-state index in [1.165, 1.54) is 0 Å². The summed E-state index contributed by atoms with van der Waals surface area (Å²) in [5, 5.41) is 3.88. The first-order valence-corrected chi connectivity index (χ1v) is 4.50. The van der Waals surface area contributed by atoms with Gasteiger partial charge < -0.3 is 10.6 Å². The van der Waals surface area contributed by atoms with Crippen LogP contribution in [-0.4, -0.2) is 17.9 Å². The fraction of sp³-hybridized carbons (Fsp3) is 0.889. The highest BCUT2D eigenvalue weighted by Crippen LogP contribution is 2.20. The number of nitrogens with two attached hydrogens (primary N) is 1. The highest BCUT2D eigenvalue weighted by Gasteiger charge is 2.24. The fourth-order valence-electron chi connectivity index (χ4n) is 1.25. The van der Waals surface area contributed by atoms with Crippen molar-refractivity contribution in [3.63, 3.8) is 0 Å². The minimum absolute atomic E-state index is 0.228. The maximum absolute atomic E-state index is 5.91. The van der Waals surface area contributed by atoms with Crippen LogP contribution in [0.2, 0.25) is 0 Å². The Morgan fingerprint density at radius 3 is 2.92 bits per heavy atom. The molecular weight excluding hydrogens is 152 g/mol. The Balaban J connectivity index is 2.54. The molecular formula is C9H18N2O. The number of hydrogen-bond donors (Lipinski definition) is 1. The molecule has 0 aromatic carbocycles. The maximum Gasteiger partial charge on any atom is 0.129 e. The summed E-state index contributed by atoms with van der Waals surface area (Å²) in [6, 6.07) is 0. The molecule has 2 N–H and O–H groups in total. The van der Waals surface area contributed by atoms with E-state index in [4.69, 9.17) is 10.6 Å². The molecule has 0 amide bonds. The zero-order valence-corrected chi connectivity index (χ0v) is 8.08. The number of hydrogen-bond acceptors (Lipinski definition) is 3. The van der Waals surface area contributed by atoms with Crippen molar-refractivity contribution >= 4 is 6.21 Å². The van der Waals surface area contributed by atoms with Gasteiger partial charge >= 0.3 is 0 Å². The fourth-order valence-corrected chi connectivity index (χ4v) is 1.25. The minimum Gasteiger partial charge on any atom is -0.392 e. The van der Waals surface area contributed by atoms with Crippen LogP contribution < -0.4 is 5.73 Å². The number of rotatable bonds is 1. The second kappa shape index (κ2) is 3.44. The van der Waals surface area contributed by atoms with Crippen molar-refractivity contribution in [1.29, 1.82) is 0 Å². The van der Waals surface area contributed by atoms with E-state index < -0.39 is 0 Å². The maximum atomic E-state index is 5.91. The summed E-state index contributed by atoms with van der Waals surface area (Å²) in [5.74, 6) is 0.510. The Hall–Kier alpha value is -0.570. The third kappa shape index (κ3) is 2.48. The Morgan fingerprint density at radius 1 is 1.67 bits per heavy atom. The summed E-state index contributed by atoms with van der Waals surface area (Å²) >= 11 is 0. The van der Waals surface area contributed by atoms with Crippen LogP contribution in [0.1, 0.15) is 33.6 Å². The molecule has 1 rings (SSSR count). The average molecular weight is 170 g/mol. The highest BCUT2D eigenvalue weighted by atomic mass is 16.6. The zero-order chi connectivity index (χ0) is 9.19. The predicted octanol–water partition coefficient (Wildman–Crippen LogP) is 1.52. The molecule has 0 saturated carbocycles. The van der Waals surface area contributed by atoms with Gasteiger partial charge in [0.05, 0.1) is 11.8 Å². The second-order valence-corrected chi connectivity index (χ2v) is 4.17. The molecule has 0 aromatic heterocycles. The minimum atomic E-state index is -0.288. The van der Waals surface area contributed by atoms with Gasteiger partial charge in [0, 0.05) is 0 Å². The van der Waals surface area contributed by atoms with Crippen LogP contribution in [0.3, 0.4) is 0 Å².